The second-order valence-corrected chi connectivity index (χ2v) is 4.67. The highest BCUT2D eigenvalue weighted by Crippen LogP contribution is 2.25. The summed E-state index contributed by atoms with van der Waals surface area (Å²) in [6, 6.07) is 3.73. The predicted molar refractivity (Wildman–Crippen MR) is 67.6 cm³/mol. The number of likely N-dealkylation sites (tertiary alicyclic amines) is 1. The van der Waals surface area contributed by atoms with E-state index in [2.05, 4.69) is 27.5 Å². The highest BCUT2D eigenvalue weighted by Gasteiger charge is 2.19. The van der Waals surface area contributed by atoms with Crippen molar-refractivity contribution in [3.8, 4) is 0 Å². The quantitative estimate of drug-likeness (QED) is 0.822. The Labute approximate surface area is 106 Å². The maximum atomic E-state index is 10.4. The molecule has 0 amide bonds. The average Bonchev–Trinajstić information content (AvgIpc) is 2.38. The van der Waals surface area contributed by atoms with Gasteiger partial charge in [-0.3, -0.25) is 4.79 Å². The Bertz CT molecular complexity index is 399. The maximum Gasteiger partial charge on any atom is 0.322 e. The summed E-state index contributed by atoms with van der Waals surface area (Å²) in [5, 5.41) is 19.4. The predicted octanol–water partition coefficient (Wildman–Crippen LogP) is 0.782. The normalized spacial score (nSPS) is 17.6. The standard InChI is InChI=1S/C12H18N4O2/c1-16-6-4-9(5-7-16)10-2-3-11(15-14-10)13-8-12(17)18/h2-3,9H,4-8H2,1H3,(H,13,15)(H,17,18). The van der Waals surface area contributed by atoms with Crippen LogP contribution in [0, 0.1) is 0 Å². The number of piperidine rings is 1. The molecule has 6 heteroatoms. The molecule has 0 saturated carbocycles. The van der Waals surface area contributed by atoms with Crippen molar-refractivity contribution < 1.29 is 9.90 Å². The van der Waals surface area contributed by atoms with Gasteiger partial charge >= 0.3 is 5.97 Å². The Hall–Kier alpha value is -1.69. The second kappa shape index (κ2) is 5.77. The van der Waals surface area contributed by atoms with Gasteiger partial charge < -0.3 is 15.3 Å². The summed E-state index contributed by atoms with van der Waals surface area (Å²) >= 11 is 0. The Balaban J connectivity index is 1.93. The molecule has 1 saturated heterocycles. The minimum Gasteiger partial charge on any atom is -0.480 e. The first-order valence-corrected chi connectivity index (χ1v) is 6.13. The molecule has 0 aromatic carbocycles. The molecule has 6 nitrogen and oxygen atoms in total. The molecule has 2 N–H and O–H groups in total. The molecule has 98 valence electrons. The lowest BCUT2D eigenvalue weighted by Crippen LogP contribution is -2.29. The summed E-state index contributed by atoms with van der Waals surface area (Å²) in [7, 11) is 2.13. The largest absolute Gasteiger partial charge is 0.480 e. The third-order valence-electron chi connectivity index (χ3n) is 3.24. The third-order valence-corrected chi connectivity index (χ3v) is 3.24. The van der Waals surface area contributed by atoms with E-state index in [0.717, 1.165) is 31.6 Å². The fourth-order valence-electron chi connectivity index (χ4n) is 2.13. The molecule has 18 heavy (non-hydrogen) atoms. The van der Waals surface area contributed by atoms with E-state index in [1.165, 1.54) is 0 Å². The van der Waals surface area contributed by atoms with Gasteiger partial charge in [0, 0.05) is 5.92 Å². The molecule has 0 unspecified atom stereocenters. The molecular weight excluding hydrogens is 232 g/mol. The van der Waals surface area contributed by atoms with Crippen LogP contribution in [0.4, 0.5) is 5.82 Å². The monoisotopic (exact) mass is 250 g/mol. The lowest BCUT2D eigenvalue weighted by atomic mass is 9.94. The molecule has 1 fully saturated rings. The molecule has 1 aromatic rings. The van der Waals surface area contributed by atoms with Gasteiger partial charge in [-0.25, -0.2) is 0 Å². The van der Waals surface area contributed by atoms with Crippen molar-refractivity contribution in [3.63, 3.8) is 0 Å². The Morgan fingerprint density at radius 1 is 1.44 bits per heavy atom. The maximum absolute atomic E-state index is 10.4. The van der Waals surface area contributed by atoms with Gasteiger partial charge in [-0.1, -0.05) is 0 Å². The van der Waals surface area contributed by atoms with Crippen molar-refractivity contribution in [2.24, 2.45) is 0 Å². The van der Waals surface area contributed by atoms with E-state index in [1.807, 2.05) is 6.07 Å². The fraction of sp³-hybridized carbons (Fsp3) is 0.583. The Morgan fingerprint density at radius 2 is 2.17 bits per heavy atom. The van der Waals surface area contributed by atoms with Crippen molar-refractivity contribution in [2.45, 2.75) is 18.8 Å². The van der Waals surface area contributed by atoms with Crippen LogP contribution in [0.3, 0.4) is 0 Å². The SMILES string of the molecule is CN1CCC(c2ccc(NCC(=O)O)nn2)CC1. The van der Waals surface area contributed by atoms with Gasteiger partial charge in [-0.05, 0) is 45.1 Å². The number of aromatic nitrogens is 2. The number of carbonyl (C=O) groups is 1. The van der Waals surface area contributed by atoms with Crippen molar-refractivity contribution in [1.82, 2.24) is 15.1 Å². The minimum absolute atomic E-state index is 0.137. The van der Waals surface area contributed by atoms with E-state index in [-0.39, 0.29) is 6.54 Å². The molecule has 1 aliphatic rings. The van der Waals surface area contributed by atoms with E-state index < -0.39 is 5.97 Å². The molecule has 0 aliphatic carbocycles. The lowest BCUT2D eigenvalue weighted by molar-refractivity contribution is -0.134. The van der Waals surface area contributed by atoms with Crippen LogP contribution in [0.15, 0.2) is 12.1 Å². The van der Waals surface area contributed by atoms with Gasteiger partial charge in [0.2, 0.25) is 0 Å². The van der Waals surface area contributed by atoms with Crippen molar-refractivity contribution >= 4 is 11.8 Å². The fourth-order valence-corrected chi connectivity index (χ4v) is 2.13. The van der Waals surface area contributed by atoms with Gasteiger partial charge in [0.05, 0.1) is 5.69 Å². The van der Waals surface area contributed by atoms with Crippen LogP contribution >= 0.6 is 0 Å². The Morgan fingerprint density at radius 3 is 2.72 bits per heavy atom. The third kappa shape index (κ3) is 3.40. The van der Waals surface area contributed by atoms with Crippen LogP contribution in [-0.2, 0) is 4.79 Å². The number of nitrogens with one attached hydrogen (secondary N) is 1. The van der Waals surface area contributed by atoms with E-state index >= 15 is 0 Å². The van der Waals surface area contributed by atoms with Crippen molar-refractivity contribution in [2.75, 3.05) is 32.0 Å². The van der Waals surface area contributed by atoms with Gasteiger partial charge in [0.1, 0.15) is 12.4 Å². The number of nitrogens with zero attached hydrogens (tertiary/aromatic N) is 3. The number of aliphatic carboxylic acids is 1. The van der Waals surface area contributed by atoms with E-state index in [1.54, 1.807) is 6.07 Å². The smallest absolute Gasteiger partial charge is 0.322 e. The van der Waals surface area contributed by atoms with Crippen LogP contribution in [-0.4, -0.2) is 52.9 Å². The van der Waals surface area contributed by atoms with Gasteiger partial charge in [0.15, 0.2) is 0 Å². The number of rotatable bonds is 4. The zero-order valence-electron chi connectivity index (χ0n) is 10.5. The molecule has 0 radical (unpaired) electrons. The van der Waals surface area contributed by atoms with Gasteiger partial charge in [-0.2, -0.15) is 5.10 Å². The first-order valence-electron chi connectivity index (χ1n) is 6.13. The summed E-state index contributed by atoms with van der Waals surface area (Å²) in [4.78, 5) is 12.7. The highest BCUT2D eigenvalue weighted by atomic mass is 16.4. The van der Waals surface area contributed by atoms with E-state index in [9.17, 15) is 4.79 Å². The molecular formula is C12H18N4O2. The first kappa shape index (κ1) is 12.8. The average molecular weight is 250 g/mol. The minimum atomic E-state index is -0.906. The molecule has 0 spiro atoms. The number of carboxylic acids is 1. The number of hydrogen-bond donors (Lipinski definition) is 2. The van der Waals surface area contributed by atoms with Crippen LogP contribution in [0.1, 0.15) is 24.5 Å². The van der Waals surface area contributed by atoms with Crippen molar-refractivity contribution in [3.05, 3.63) is 17.8 Å². The summed E-state index contributed by atoms with van der Waals surface area (Å²) in [5.74, 6) is 0.0764. The van der Waals surface area contributed by atoms with Crippen LogP contribution in [0.25, 0.3) is 0 Å². The summed E-state index contributed by atoms with van der Waals surface area (Å²) in [5.41, 5.74) is 1.00. The van der Waals surface area contributed by atoms with Gasteiger partial charge in [0.25, 0.3) is 0 Å². The first-order chi connectivity index (χ1) is 8.65. The zero-order chi connectivity index (χ0) is 13.0. The van der Waals surface area contributed by atoms with Gasteiger partial charge in [-0.15, -0.1) is 5.10 Å². The molecule has 2 heterocycles. The second-order valence-electron chi connectivity index (χ2n) is 4.67. The molecule has 1 aliphatic heterocycles. The molecule has 2 rings (SSSR count). The summed E-state index contributed by atoms with van der Waals surface area (Å²) in [6.07, 6.45) is 2.21. The number of hydrogen-bond acceptors (Lipinski definition) is 5. The van der Waals surface area contributed by atoms with Crippen LogP contribution < -0.4 is 5.32 Å². The molecule has 0 atom stereocenters. The number of anilines is 1. The Kier molecular flexibility index (Phi) is 4.09. The highest BCUT2D eigenvalue weighted by molar-refractivity contribution is 5.72. The van der Waals surface area contributed by atoms with E-state index in [0.29, 0.717) is 11.7 Å². The number of carboxylic acid groups (broad SMARTS) is 1. The van der Waals surface area contributed by atoms with E-state index in [4.69, 9.17) is 5.11 Å². The zero-order valence-corrected chi connectivity index (χ0v) is 10.5. The molecule has 1 aromatic heterocycles. The summed E-state index contributed by atoms with van der Waals surface area (Å²) in [6.45, 7) is 2.04. The summed E-state index contributed by atoms with van der Waals surface area (Å²) < 4.78 is 0. The topological polar surface area (TPSA) is 78.4 Å². The van der Waals surface area contributed by atoms with Crippen LogP contribution in [0.2, 0.25) is 0 Å². The van der Waals surface area contributed by atoms with Crippen LogP contribution in [0.5, 0.6) is 0 Å². The lowest BCUT2D eigenvalue weighted by Gasteiger charge is -2.28. The van der Waals surface area contributed by atoms with Crippen molar-refractivity contribution in [1.29, 1.82) is 0 Å². The molecule has 0 bridgehead atoms.